The number of halogens is 4. The summed E-state index contributed by atoms with van der Waals surface area (Å²) in [4.78, 5) is 24.6. The number of aromatic carboxylic acids is 1. The summed E-state index contributed by atoms with van der Waals surface area (Å²) in [6, 6.07) is 18.3. The van der Waals surface area contributed by atoms with Gasteiger partial charge in [0.25, 0.3) is 5.91 Å². The van der Waals surface area contributed by atoms with Crippen LogP contribution in [0.5, 0.6) is 0 Å². The Hall–Kier alpha value is -4.99. The second-order valence-electron chi connectivity index (χ2n) is 9.17. The molecule has 1 amide bonds. The van der Waals surface area contributed by atoms with E-state index in [0.29, 0.717) is 33.3 Å². The Morgan fingerprint density at radius 2 is 1.52 bits per heavy atom. The number of carbonyl (C=O) groups is 2. The second kappa shape index (κ2) is 10.6. The Kier molecular flexibility index (Phi) is 7.08. The van der Waals surface area contributed by atoms with Gasteiger partial charge in [-0.15, -0.1) is 0 Å². The molecule has 0 atom stereocenters. The topological polar surface area (TPSA) is 83.7 Å². The fourth-order valence-corrected chi connectivity index (χ4v) is 4.36. The van der Waals surface area contributed by atoms with Crippen LogP contribution in [-0.2, 0) is 19.1 Å². The van der Waals surface area contributed by atoms with Gasteiger partial charge in [0.05, 0.1) is 28.4 Å². The summed E-state index contributed by atoms with van der Waals surface area (Å²) in [5.41, 5.74) is 3.29. The van der Waals surface area contributed by atoms with Gasteiger partial charge in [0.1, 0.15) is 5.82 Å². The third-order valence-corrected chi connectivity index (χ3v) is 6.44. The maximum absolute atomic E-state index is 13.5. The zero-order chi connectivity index (χ0) is 28.4. The summed E-state index contributed by atoms with van der Waals surface area (Å²) < 4.78 is 54.0. The van der Waals surface area contributed by atoms with Gasteiger partial charge >= 0.3 is 12.1 Å². The minimum atomic E-state index is -4.45. The number of rotatable bonds is 7. The van der Waals surface area contributed by atoms with Gasteiger partial charge in [0, 0.05) is 30.3 Å². The van der Waals surface area contributed by atoms with Crippen LogP contribution in [0.2, 0.25) is 0 Å². The van der Waals surface area contributed by atoms with Crippen LogP contribution < -0.4 is 5.32 Å². The third-order valence-electron chi connectivity index (χ3n) is 6.44. The molecule has 0 radical (unpaired) electrons. The number of nitrogens with one attached hydrogen (secondary N) is 1. The highest BCUT2D eigenvalue weighted by molar-refractivity contribution is 6.02. The maximum atomic E-state index is 13.5. The number of pyridine rings is 1. The van der Waals surface area contributed by atoms with Gasteiger partial charge in [-0.1, -0.05) is 36.4 Å². The molecule has 0 aliphatic carbocycles. The smallest absolute Gasteiger partial charge is 0.416 e. The van der Waals surface area contributed by atoms with Crippen LogP contribution in [0.1, 0.15) is 43.0 Å². The lowest BCUT2D eigenvalue weighted by atomic mass is 10.00. The van der Waals surface area contributed by atoms with E-state index in [9.17, 15) is 27.2 Å². The van der Waals surface area contributed by atoms with Crippen LogP contribution in [0.4, 0.5) is 17.6 Å². The predicted octanol–water partition coefficient (Wildman–Crippen LogP) is 6.38. The molecule has 40 heavy (non-hydrogen) atoms. The van der Waals surface area contributed by atoms with Crippen molar-refractivity contribution >= 4 is 17.4 Å². The fourth-order valence-electron chi connectivity index (χ4n) is 4.36. The molecule has 3 aromatic carbocycles. The second-order valence-corrected chi connectivity index (χ2v) is 9.17. The lowest BCUT2D eigenvalue weighted by Gasteiger charge is -2.12. The SMILES string of the molecule is O=C(O)c1ccc(CNC(=O)c2cc(-c3ccc(F)cc3)cn3ncc(Cc4ccc(C(F)(F)F)cc4)c23)cc1. The van der Waals surface area contributed by atoms with Crippen molar-refractivity contribution in [3.05, 3.63) is 130 Å². The number of carbonyl (C=O) groups excluding carboxylic acids is 1. The molecule has 0 unspecified atom stereocenters. The third kappa shape index (κ3) is 5.70. The fraction of sp³-hybridized carbons (Fsp3) is 0.100. The maximum Gasteiger partial charge on any atom is 0.416 e. The monoisotopic (exact) mass is 547 g/mol. The van der Waals surface area contributed by atoms with Crippen molar-refractivity contribution in [2.75, 3.05) is 0 Å². The van der Waals surface area contributed by atoms with E-state index in [4.69, 9.17) is 5.11 Å². The molecular weight excluding hydrogens is 526 g/mol. The first-order chi connectivity index (χ1) is 19.1. The molecule has 5 aromatic rings. The number of nitrogens with zero attached hydrogens (tertiary/aromatic N) is 2. The lowest BCUT2D eigenvalue weighted by Crippen LogP contribution is -2.24. The van der Waals surface area contributed by atoms with Crippen molar-refractivity contribution in [2.24, 2.45) is 0 Å². The first kappa shape index (κ1) is 26.6. The quantitative estimate of drug-likeness (QED) is 0.232. The Morgan fingerprint density at radius 1 is 0.875 bits per heavy atom. The number of alkyl halides is 3. The highest BCUT2D eigenvalue weighted by Gasteiger charge is 2.30. The van der Waals surface area contributed by atoms with Crippen molar-refractivity contribution in [3.8, 4) is 11.1 Å². The van der Waals surface area contributed by atoms with Crippen LogP contribution in [0.3, 0.4) is 0 Å². The lowest BCUT2D eigenvalue weighted by molar-refractivity contribution is -0.137. The molecule has 6 nitrogen and oxygen atoms in total. The van der Waals surface area contributed by atoms with E-state index in [-0.39, 0.29) is 24.1 Å². The van der Waals surface area contributed by atoms with Gasteiger partial charge in [-0.25, -0.2) is 13.7 Å². The average Bonchev–Trinajstić information content (AvgIpc) is 3.34. The number of hydrogen-bond donors (Lipinski definition) is 2. The van der Waals surface area contributed by atoms with Gasteiger partial charge in [-0.2, -0.15) is 18.3 Å². The largest absolute Gasteiger partial charge is 0.478 e. The molecule has 0 bridgehead atoms. The van der Waals surface area contributed by atoms with Crippen molar-refractivity contribution in [2.45, 2.75) is 19.1 Å². The molecule has 2 N–H and O–H groups in total. The number of aromatic nitrogens is 2. The standard InChI is InChI=1S/C30H21F4N3O3/c31-25-11-7-20(8-12-25)23-14-26(28(38)35-15-19-1-5-21(6-2-19)29(39)40)27-22(16-36-37(27)17-23)13-18-3-9-24(10-4-18)30(32,33)34/h1-12,14,16-17H,13,15H2,(H,35,38)(H,39,40). The van der Waals surface area contributed by atoms with Crippen LogP contribution in [0.25, 0.3) is 16.6 Å². The van der Waals surface area contributed by atoms with E-state index in [2.05, 4.69) is 10.4 Å². The Balaban J connectivity index is 1.50. The van der Waals surface area contributed by atoms with Crippen molar-refractivity contribution in [1.29, 1.82) is 0 Å². The number of carboxylic acids is 1. The van der Waals surface area contributed by atoms with Gasteiger partial charge in [0.15, 0.2) is 0 Å². The van der Waals surface area contributed by atoms with E-state index in [1.807, 2.05) is 0 Å². The molecule has 0 aliphatic rings. The van der Waals surface area contributed by atoms with Crippen molar-refractivity contribution in [3.63, 3.8) is 0 Å². The highest BCUT2D eigenvalue weighted by Crippen LogP contribution is 2.30. The molecule has 0 saturated carbocycles. The minimum Gasteiger partial charge on any atom is -0.478 e. The van der Waals surface area contributed by atoms with E-state index in [0.717, 1.165) is 12.1 Å². The molecule has 10 heteroatoms. The molecule has 0 fully saturated rings. The van der Waals surface area contributed by atoms with Crippen molar-refractivity contribution in [1.82, 2.24) is 14.9 Å². The summed E-state index contributed by atoms with van der Waals surface area (Å²) in [5.74, 6) is -1.91. The number of carboxylic acid groups (broad SMARTS) is 1. The first-order valence-electron chi connectivity index (χ1n) is 12.1. The molecule has 5 rings (SSSR count). The molecule has 0 aliphatic heterocycles. The Labute approximate surface area is 225 Å². The zero-order valence-electron chi connectivity index (χ0n) is 20.7. The van der Waals surface area contributed by atoms with Crippen LogP contribution in [0.15, 0.2) is 91.3 Å². The summed E-state index contributed by atoms with van der Waals surface area (Å²) in [6.45, 7) is 0.119. The van der Waals surface area contributed by atoms with Gasteiger partial charge in [0.2, 0.25) is 0 Å². The van der Waals surface area contributed by atoms with E-state index in [1.165, 1.54) is 40.9 Å². The van der Waals surface area contributed by atoms with Gasteiger partial charge in [-0.05, 0) is 59.2 Å². The van der Waals surface area contributed by atoms with Crippen LogP contribution in [0, 0.1) is 5.82 Å². The molecule has 2 heterocycles. The molecular formula is C30H21F4N3O3. The van der Waals surface area contributed by atoms with E-state index < -0.39 is 29.4 Å². The zero-order valence-corrected chi connectivity index (χ0v) is 20.7. The van der Waals surface area contributed by atoms with E-state index in [1.54, 1.807) is 42.7 Å². The van der Waals surface area contributed by atoms with Crippen LogP contribution >= 0.6 is 0 Å². The summed E-state index contributed by atoms with van der Waals surface area (Å²) in [7, 11) is 0. The predicted molar refractivity (Wildman–Crippen MR) is 139 cm³/mol. The summed E-state index contributed by atoms with van der Waals surface area (Å²) in [6.07, 6.45) is -0.962. The molecule has 0 spiro atoms. The van der Waals surface area contributed by atoms with Crippen molar-refractivity contribution < 1.29 is 32.3 Å². The van der Waals surface area contributed by atoms with Gasteiger partial charge < -0.3 is 10.4 Å². The van der Waals surface area contributed by atoms with E-state index >= 15 is 0 Å². The number of amides is 1. The normalized spacial score (nSPS) is 11.5. The number of fused-ring (bicyclic) bond motifs is 1. The number of benzene rings is 3. The molecule has 0 saturated heterocycles. The molecule has 2 aromatic heterocycles. The highest BCUT2D eigenvalue weighted by atomic mass is 19.4. The average molecular weight is 548 g/mol. The number of hydrogen-bond acceptors (Lipinski definition) is 3. The minimum absolute atomic E-state index is 0.119. The summed E-state index contributed by atoms with van der Waals surface area (Å²) in [5, 5.41) is 16.3. The first-order valence-corrected chi connectivity index (χ1v) is 12.1. The van der Waals surface area contributed by atoms with Gasteiger partial charge in [-0.3, -0.25) is 4.79 Å². The Morgan fingerprint density at radius 3 is 2.15 bits per heavy atom. The summed E-state index contributed by atoms with van der Waals surface area (Å²) >= 11 is 0. The molecule has 202 valence electrons. The Bertz CT molecular complexity index is 1690. The van der Waals surface area contributed by atoms with Crippen LogP contribution in [-0.4, -0.2) is 26.6 Å².